The first-order valence-corrected chi connectivity index (χ1v) is 14.8. The first-order valence-electron chi connectivity index (χ1n) is 13.2. The molecule has 0 amide bonds. The maximum absolute atomic E-state index is 14.7. The van der Waals surface area contributed by atoms with Crippen molar-refractivity contribution < 1.29 is 60.9 Å². The highest BCUT2D eigenvalue weighted by Crippen LogP contribution is 2.35. The molecule has 0 aliphatic rings. The minimum absolute atomic E-state index is 0.00517. The fourth-order valence-corrected chi connectivity index (χ4v) is 3.71. The van der Waals surface area contributed by atoms with E-state index in [9.17, 15) is 18.1 Å². The molecule has 1 heterocycles. The van der Waals surface area contributed by atoms with Crippen molar-refractivity contribution >= 4 is 36.9 Å². The van der Waals surface area contributed by atoms with Crippen molar-refractivity contribution in [2.75, 3.05) is 59.6 Å². The van der Waals surface area contributed by atoms with Crippen molar-refractivity contribution in [1.29, 1.82) is 5.26 Å². The molecule has 0 radical (unpaired) electrons. The molecule has 0 spiro atoms. The third kappa shape index (κ3) is 13.3. The molecule has 0 fully saturated rings. The number of fused-ring (bicyclic) bond motifs is 1. The zero-order chi connectivity index (χ0) is 31.7. The van der Waals surface area contributed by atoms with E-state index in [1.54, 1.807) is 6.07 Å². The van der Waals surface area contributed by atoms with Crippen molar-refractivity contribution in [3.05, 3.63) is 23.3 Å². The number of phosphoric acid groups is 1. The molecule has 0 unspecified atom stereocenters. The Morgan fingerprint density at radius 3 is 2.26 bits per heavy atom. The topological polar surface area (TPSA) is 193 Å². The van der Waals surface area contributed by atoms with Crippen LogP contribution in [0.15, 0.2) is 11.1 Å². The van der Waals surface area contributed by atoms with Gasteiger partial charge >= 0.3 is 14.0 Å². The number of carbonyl (C=O) groups is 1. The molecule has 0 atom stereocenters. The zero-order valence-electron chi connectivity index (χ0n) is 23.8. The minimum Gasteiger partial charge on any atom is -0.444 e. The number of phosphoric ester groups is 1. The van der Waals surface area contributed by atoms with E-state index >= 15 is 0 Å². The summed E-state index contributed by atoms with van der Waals surface area (Å²) < 4.78 is 75.8. The Hall–Kier alpha value is -3.23. The van der Waals surface area contributed by atoms with E-state index in [1.807, 2.05) is 6.92 Å². The molecule has 2 N–H and O–H groups in total. The monoisotopic (exact) mass is 636 g/mol. The summed E-state index contributed by atoms with van der Waals surface area (Å²) in [5, 5.41) is 9.05. The molecular formula is C25H35F2N4O11P. The summed E-state index contributed by atoms with van der Waals surface area (Å²) in [5.41, 5.74) is -0.949. The number of halogens is 2. The Balaban J connectivity index is 1.70. The molecule has 0 bridgehead atoms. The average molecular weight is 637 g/mol. The summed E-state index contributed by atoms with van der Waals surface area (Å²) in [7, 11) is -3.07. The SMILES string of the molecule is CCCCC/C(=N/c1nc2c(F)cc(C#N)c(F)c2n1C)OCOC(=O)OCCOCCOCCOCCOP(=O)(O)O. The van der Waals surface area contributed by atoms with Gasteiger partial charge in [-0.1, -0.05) is 19.8 Å². The van der Waals surface area contributed by atoms with E-state index in [0.29, 0.717) is 12.8 Å². The van der Waals surface area contributed by atoms with Crippen LogP contribution >= 0.6 is 7.82 Å². The molecule has 0 saturated carbocycles. The van der Waals surface area contributed by atoms with Crippen LogP contribution in [-0.2, 0) is 44.6 Å². The van der Waals surface area contributed by atoms with Crippen molar-refractivity contribution in [3.8, 4) is 6.07 Å². The lowest BCUT2D eigenvalue weighted by Gasteiger charge is -2.10. The summed E-state index contributed by atoms with van der Waals surface area (Å²) in [4.78, 5) is 37.2. The van der Waals surface area contributed by atoms with E-state index in [1.165, 1.54) is 11.6 Å². The van der Waals surface area contributed by atoms with Gasteiger partial charge in [0.05, 0.1) is 51.8 Å². The third-order valence-electron chi connectivity index (χ3n) is 5.43. The number of aryl methyl sites for hydroxylation is 1. The number of carbonyl (C=O) groups excluding carboxylic acids is 1. The minimum atomic E-state index is -4.50. The largest absolute Gasteiger partial charge is 0.511 e. The van der Waals surface area contributed by atoms with Crippen LogP contribution in [0.3, 0.4) is 0 Å². The van der Waals surface area contributed by atoms with Gasteiger partial charge in [0.2, 0.25) is 12.7 Å². The second kappa shape index (κ2) is 19.1. The van der Waals surface area contributed by atoms with Crippen molar-refractivity contribution in [2.45, 2.75) is 32.6 Å². The van der Waals surface area contributed by atoms with Crippen molar-refractivity contribution in [3.63, 3.8) is 0 Å². The number of rotatable bonds is 20. The normalized spacial score (nSPS) is 12.0. The summed E-state index contributed by atoms with van der Waals surface area (Å²) in [5.74, 6) is -1.71. The lowest BCUT2D eigenvalue weighted by atomic mass is 10.2. The number of nitrogens with zero attached hydrogens (tertiary/aromatic N) is 4. The fourth-order valence-electron chi connectivity index (χ4n) is 3.40. The van der Waals surface area contributed by atoms with Crippen LogP contribution in [0.1, 0.15) is 38.2 Å². The highest BCUT2D eigenvalue weighted by Gasteiger charge is 2.20. The number of benzene rings is 1. The molecule has 18 heteroatoms. The molecule has 15 nitrogen and oxygen atoms in total. The smallest absolute Gasteiger partial charge is 0.444 e. The Labute approximate surface area is 246 Å². The zero-order valence-corrected chi connectivity index (χ0v) is 24.7. The van der Waals surface area contributed by atoms with Crippen LogP contribution in [0.5, 0.6) is 0 Å². The molecule has 0 saturated heterocycles. The first kappa shape index (κ1) is 36.0. The molecule has 240 valence electrons. The Morgan fingerprint density at radius 2 is 1.65 bits per heavy atom. The summed E-state index contributed by atoms with van der Waals surface area (Å²) in [6.45, 7) is 2.11. The predicted molar refractivity (Wildman–Crippen MR) is 145 cm³/mol. The molecular weight excluding hydrogens is 601 g/mol. The second-order valence-electron chi connectivity index (χ2n) is 8.63. The lowest BCUT2D eigenvalue weighted by Crippen LogP contribution is -2.17. The number of unbranched alkanes of at least 4 members (excludes halogenated alkanes) is 2. The van der Waals surface area contributed by atoms with Gasteiger partial charge in [-0.25, -0.2) is 23.1 Å². The van der Waals surface area contributed by atoms with Gasteiger partial charge in [0, 0.05) is 13.5 Å². The Morgan fingerprint density at radius 1 is 1.02 bits per heavy atom. The quantitative estimate of drug-likeness (QED) is 0.0535. The fraction of sp³-hybridized carbons (Fsp3) is 0.600. The third-order valence-corrected chi connectivity index (χ3v) is 5.95. The molecule has 1 aromatic carbocycles. The van der Waals surface area contributed by atoms with Gasteiger partial charge in [-0.2, -0.15) is 10.3 Å². The molecule has 0 aliphatic carbocycles. The molecule has 2 rings (SSSR count). The van der Waals surface area contributed by atoms with Gasteiger partial charge in [-0.15, -0.1) is 0 Å². The summed E-state index contributed by atoms with van der Waals surface area (Å²) in [6.07, 6.45) is 1.80. The van der Waals surface area contributed by atoms with Crippen LogP contribution in [0.25, 0.3) is 11.0 Å². The summed E-state index contributed by atoms with van der Waals surface area (Å²) >= 11 is 0. The van der Waals surface area contributed by atoms with E-state index in [-0.39, 0.29) is 75.7 Å². The van der Waals surface area contributed by atoms with Crippen LogP contribution in [0, 0.1) is 23.0 Å². The number of hydrogen-bond donors (Lipinski definition) is 2. The van der Waals surface area contributed by atoms with Gasteiger partial charge in [0.15, 0.2) is 17.5 Å². The highest BCUT2D eigenvalue weighted by atomic mass is 31.2. The molecule has 2 aromatic rings. The van der Waals surface area contributed by atoms with Gasteiger partial charge < -0.3 is 42.8 Å². The standard InChI is InChI=1S/C25H35F2N4O11P/c1-3-4-5-6-20(29-24-30-22-19(26)15-18(16-28)21(27)23(22)31(24)2)40-17-41-25(32)39-13-11-37-9-7-36-8-10-38-12-14-42-43(33,34)35/h15H,3-14,17H2,1-2H3,(H2,33,34,35)/b29-20-. The number of aliphatic imine (C=N–C) groups is 1. The number of hydrogen-bond acceptors (Lipinski definition) is 12. The van der Waals surface area contributed by atoms with E-state index in [0.717, 1.165) is 18.9 Å². The maximum atomic E-state index is 14.7. The maximum Gasteiger partial charge on any atom is 0.511 e. The van der Waals surface area contributed by atoms with Crippen molar-refractivity contribution in [1.82, 2.24) is 9.55 Å². The first-order chi connectivity index (χ1) is 20.6. The number of ether oxygens (including phenoxy) is 6. The van der Waals surface area contributed by atoms with Gasteiger partial charge in [-0.3, -0.25) is 4.52 Å². The van der Waals surface area contributed by atoms with Gasteiger partial charge in [0.25, 0.3) is 0 Å². The Bertz CT molecular complexity index is 1300. The number of nitriles is 1. The predicted octanol–water partition coefficient (Wildman–Crippen LogP) is 3.62. The van der Waals surface area contributed by atoms with E-state index in [4.69, 9.17) is 43.5 Å². The van der Waals surface area contributed by atoms with E-state index < -0.39 is 38.0 Å². The van der Waals surface area contributed by atoms with Crippen molar-refractivity contribution in [2.24, 2.45) is 12.0 Å². The van der Waals surface area contributed by atoms with Crippen LogP contribution < -0.4 is 0 Å². The number of imidazole rings is 1. The number of aromatic nitrogens is 2. The van der Waals surface area contributed by atoms with Gasteiger partial charge in [0.1, 0.15) is 23.7 Å². The van der Waals surface area contributed by atoms with Gasteiger partial charge in [-0.05, 0) is 12.5 Å². The molecule has 0 aliphatic heterocycles. The Kier molecular flexibility index (Phi) is 16.0. The lowest BCUT2D eigenvalue weighted by molar-refractivity contribution is -0.0219. The molecule has 43 heavy (non-hydrogen) atoms. The highest BCUT2D eigenvalue weighted by molar-refractivity contribution is 7.46. The van der Waals surface area contributed by atoms with Crippen LogP contribution in [0.2, 0.25) is 0 Å². The van der Waals surface area contributed by atoms with Crippen LogP contribution in [-0.4, -0.2) is 91.0 Å². The van der Waals surface area contributed by atoms with E-state index in [2.05, 4.69) is 14.5 Å². The van der Waals surface area contributed by atoms with Crippen LogP contribution in [0.4, 0.5) is 19.5 Å². The molecule has 1 aromatic heterocycles. The summed E-state index contributed by atoms with van der Waals surface area (Å²) in [6, 6.07) is 2.38. The average Bonchev–Trinajstić information content (AvgIpc) is 3.28. The second-order valence-corrected chi connectivity index (χ2v) is 9.87.